The molecule has 0 radical (unpaired) electrons. The Morgan fingerprint density at radius 2 is 0.947 bits per heavy atom. The Bertz CT molecular complexity index is 1430. The standard InChI is InChI=1S/C30H32O6S2/c1-15-3-7-17(8-4-15)37(31,32)35-23-13-21-22-14-24(36-38(33,34)18-9-5-16(2)6-10-18)27-20-12-11-19-25(20)30(29(22)27)28(21)26(19)23/h3-12,19-30H,13-14H2,1-2H3/t19-,20-,21-,22+,23+,24-,25?,26-,27+,28+,29-,30?/m1/s1. The number of benzene rings is 2. The van der Waals surface area contributed by atoms with Crippen LogP contribution in [0.1, 0.15) is 24.0 Å². The topological polar surface area (TPSA) is 86.7 Å². The Hall–Kier alpha value is -2.00. The molecular formula is C30H32O6S2. The van der Waals surface area contributed by atoms with Crippen molar-refractivity contribution in [3.63, 3.8) is 0 Å². The maximum Gasteiger partial charge on any atom is 0.297 e. The van der Waals surface area contributed by atoms with Crippen LogP contribution in [-0.4, -0.2) is 29.0 Å². The normalized spacial score (nSPS) is 43.3. The van der Waals surface area contributed by atoms with Gasteiger partial charge in [-0.3, -0.25) is 8.37 Å². The Labute approximate surface area is 224 Å². The summed E-state index contributed by atoms with van der Waals surface area (Å²) < 4.78 is 65.1. The van der Waals surface area contributed by atoms with E-state index in [0.717, 1.165) is 24.0 Å². The maximum atomic E-state index is 13.3. The lowest BCUT2D eigenvalue weighted by atomic mass is 9.83. The van der Waals surface area contributed by atoms with Crippen LogP contribution in [0.25, 0.3) is 0 Å². The number of fused-ring (bicyclic) bond motifs is 3. The van der Waals surface area contributed by atoms with Crippen molar-refractivity contribution in [2.24, 2.45) is 59.2 Å². The van der Waals surface area contributed by atoms with E-state index in [-0.39, 0.29) is 33.8 Å². The molecule has 8 heteroatoms. The maximum absolute atomic E-state index is 13.3. The van der Waals surface area contributed by atoms with Gasteiger partial charge in [-0.1, -0.05) is 47.5 Å². The SMILES string of the molecule is Cc1ccc(S(=O)(=O)O[C@H]2C[C@@H]3[C@@H]4C[C@@H](OS(=O)(=O)c5ccc(C)cc5)[C@H]5[C@@H]4C4C6[C@@H](C=C[C@H]65)[C@H]2[C@@H]43)cc1. The van der Waals surface area contributed by atoms with Crippen LogP contribution in [0.5, 0.6) is 0 Å². The van der Waals surface area contributed by atoms with E-state index < -0.39 is 20.2 Å². The first kappa shape index (κ1) is 23.9. The second kappa shape index (κ2) is 7.80. The van der Waals surface area contributed by atoms with Gasteiger partial charge in [0.1, 0.15) is 0 Å². The van der Waals surface area contributed by atoms with Crippen molar-refractivity contribution >= 4 is 20.2 Å². The first-order valence-electron chi connectivity index (χ1n) is 13.8. The fraction of sp³-hybridized carbons (Fsp3) is 0.533. The fourth-order valence-corrected chi connectivity index (χ4v) is 12.3. The molecule has 0 saturated heterocycles. The van der Waals surface area contributed by atoms with Gasteiger partial charge in [0, 0.05) is 0 Å². The van der Waals surface area contributed by atoms with Crippen molar-refractivity contribution in [3.05, 3.63) is 71.8 Å². The molecule has 0 aromatic heterocycles. The first-order chi connectivity index (χ1) is 18.1. The summed E-state index contributed by atoms with van der Waals surface area (Å²) in [6.07, 6.45) is 5.39. The Morgan fingerprint density at radius 1 is 0.553 bits per heavy atom. The van der Waals surface area contributed by atoms with Crippen LogP contribution in [0.15, 0.2) is 70.5 Å². The number of aryl methyl sites for hydroxylation is 2. The molecule has 0 bridgehead atoms. The Kier molecular flexibility index (Phi) is 4.90. The van der Waals surface area contributed by atoms with E-state index in [2.05, 4.69) is 12.2 Å². The highest BCUT2D eigenvalue weighted by Gasteiger charge is 2.77. The van der Waals surface area contributed by atoms with Gasteiger partial charge in [-0.2, -0.15) is 16.8 Å². The largest absolute Gasteiger partial charge is 0.297 e. The van der Waals surface area contributed by atoms with E-state index in [1.54, 1.807) is 48.5 Å². The molecule has 5 saturated carbocycles. The third-order valence-electron chi connectivity index (χ3n) is 11.1. The summed E-state index contributed by atoms with van der Waals surface area (Å²) in [5.41, 5.74) is 2.01. The summed E-state index contributed by atoms with van der Waals surface area (Å²) in [7, 11) is -7.71. The van der Waals surface area contributed by atoms with Crippen LogP contribution >= 0.6 is 0 Å². The molecule has 2 aromatic carbocycles. The molecule has 0 amide bonds. The van der Waals surface area contributed by atoms with Crippen molar-refractivity contribution in [3.8, 4) is 0 Å². The molecule has 8 rings (SSSR count). The molecule has 6 aliphatic rings. The smallest absolute Gasteiger partial charge is 0.263 e. The highest BCUT2D eigenvalue weighted by atomic mass is 32.2. The third-order valence-corrected chi connectivity index (χ3v) is 13.8. The lowest BCUT2D eigenvalue weighted by Gasteiger charge is -2.28. The highest BCUT2D eigenvalue weighted by Crippen LogP contribution is 2.79. The van der Waals surface area contributed by atoms with Crippen LogP contribution in [0.4, 0.5) is 0 Å². The van der Waals surface area contributed by atoms with Crippen molar-refractivity contribution < 1.29 is 25.2 Å². The minimum Gasteiger partial charge on any atom is -0.263 e. The number of hydrogen-bond acceptors (Lipinski definition) is 6. The van der Waals surface area contributed by atoms with Crippen LogP contribution < -0.4 is 0 Å². The van der Waals surface area contributed by atoms with E-state index in [0.29, 0.717) is 47.3 Å². The van der Waals surface area contributed by atoms with Gasteiger partial charge in [-0.05, 0) is 110 Å². The summed E-state index contributed by atoms with van der Waals surface area (Å²) in [4.78, 5) is 0.429. The lowest BCUT2D eigenvalue weighted by Crippen LogP contribution is -2.31. The number of allylic oxidation sites excluding steroid dienone is 2. The van der Waals surface area contributed by atoms with Gasteiger partial charge in [0.15, 0.2) is 0 Å². The molecule has 2 unspecified atom stereocenters. The van der Waals surface area contributed by atoms with Gasteiger partial charge in [-0.25, -0.2) is 0 Å². The van der Waals surface area contributed by atoms with E-state index in [4.69, 9.17) is 8.37 Å². The van der Waals surface area contributed by atoms with Gasteiger partial charge in [0.25, 0.3) is 20.2 Å². The fourth-order valence-electron chi connectivity index (χ4n) is 10.1. The van der Waals surface area contributed by atoms with Crippen molar-refractivity contribution in [1.29, 1.82) is 0 Å². The summed E-state index contributed by atoms with van der Waals surface area (Å²) in [6, 6.07) is 13.7. The van der Waals surface area contributed by atoms with Crippen LogP contribution in [0.2, 0.25) is 0 Å². The average molecular weight is 553 g/mol. The van der Waals surface area contributed by atoms with Crippen molar-refractivity contribution in [1.82, 2.24) is 0 Å². The predicted octanol–water partition coefficient (Wildman–Crippen LogP) is 4.73. The first-order valence-corrected chi connectivity index (χ1v) is 16.6. The molecule has 12 atom stereocenters. The highest BCUT2D eigenvalue weighted by molar-refractivity contribution is 7.87. The van der Waals surface area contributed by atoms with Crippen LogP contribution in [0.3, 0.4) is 0 Å². The van der Waals surface area contributed by atoms with Crippen molar-refractivity contribution in [2.45, 2.75) is 48.7 Å². The summed E-state index contributed by atoms with van der Waals surface area (Å²) in [5.74, 6) is 3.68. The zero-order valence-electron chi connectivity index (χ0n) is 21.4. The predicted molar refractivity (Wildman–Crippen MR) is 140 cm³/mol. The molecular weight excluding hydrogens is 520 g/mol. The second-order valence-corrected chi connectivity index (χ2v) is 15.8. The molecule has 38 heavy (non-hydrogen) atoms. The number of rotatable bonds is 6. The van der Waals surface area contributed by atoms with Gasteiger partial charge in [0.2, 0.25) is 0 Å². The van der Waals surface area contributed by atoms with Gasteiger partial charge in [0.05, 0.1) is 22.0 Å². The summed E-state index contributed by atoms with van der Waals surface area (Å²) in [6.45, 7) is 3.87. The molecule has 0 heterocycles. The Morgan fingerprint density at radius 3 is 1.34 bits per heavy atom. The van der Waals surface area contributed by atoms with Crippen LogP contribution in [0, 0.1) is 73.0 Å². The molecule has 6 nitrogen and oxygen atoms in total. The molecule has 0 aliphatic heterocycles. The van der Waals surface area contributed by atoms with E-state index >= 15 is 0 Å². The number of hydrogen-bond donors (Lipinski definition) is 0. The van der Waals surface area contributed by atoms with Crippen LogP contribution in [-0.2, 0) is 28.6 Å². The van der Waals surface area contributed by atoms with Crippen molar-refractivity contribution in [2.75, 3.05) is 0 Å². The van der Waals surface area contributed by atoms with E-state index in [9.17, 15) is 16.8 Å². The quantitative estimate of drug-likeness (QED) is 0.380. The monoisotopic (exact) mass is 552 g/mol. The molecule has 0 N–H and O–H groups in total. The van der Waals surface area contributed by atoms with E-state index in [1.165, 1.54) is 0 Å². The van der Waals surface area contributed by atoms with Gasteiger partial charge >= 0.3 is 0 Å². The van der Waals surface area contributed by atoms with Gasteiger partial charge in [-0.15, -0.1) is 0 Å². The average Bonchev–Trinajstić information content (AvgIpc) is 3.65. The van der Waals surface area contributed by atoms with Gasteiger partial charge < -0.3 is 0 Å². The zero-order chi connectivity index (χ0) is 26.1. The minimum atomic E-state index is -3.86. The summed E-state index contributed by atoms with van der Waals surface area (Å²) in [5, 5.41) is 0. The Balaban J connectivity index is 1.09. The molecule has 0 spiro atoms. The molecule has 200 valence electrons. The zero-order valence-corrected chi connectivity index (χ0v) is 23.0. The molecule has 6 aliphatic carbocycles. The second-order valence-electron chi connectivity index (χ2n) is 12.6. The third kappa shape index (κ3) is 3.12. The summed E-state index contributed by atoms with van der Waals surface area (Å²) >= 11 is 0. The minimum absolute atomic E-state index is 0.215. The molecule has 5 fully saturated rings. The van der Waals surface area contributed by atoms with E-state index in [1.807, 2.05) is 13.8 Å². The lowest BCUT2D eigenvalue weighted by molar-refractivity contribution is 0.108. The molecule has 2 aromatic rings.